The van der Waals surface area contributed by atoms with Gasteiger partial charge in [0.1, 0.15) is 11.6 Å². The van der Waals surface area contributed by atoms with Crippen molar-refractivity contribution in [2.24, 2.45) is 5.92 Å². The van der Waals surface area contributed by atoms with Gasteiger partial charge in [0, 0.05) is 56.0 Å². The molecule has 2 fully saturated rings. The maximum atomic E-state index is 13.6. The van der Waals surface area contributed by atoms with E-state index < -0.39 is 0 Å². The molecule has 2 amide bonds. The number of anilines is 1. The highest BCUT2D eigenvalue weighted by molar-refractivity contribution is 5.94. The Balaban J connectivity index is 1.26. The molecule has 2 heterocycles. The number of aryl methyl sites for hydroxylation is 3. The molecule has 5 rings (SSSR count). The smallest absolute Gasteiger partial charge is 0.253 e. The van der Waals surface area contributed by atoms with E-state index in [1.165, 1.54) is 11.1 Å². The van der Waals surface area contributed by atoms with E-state index in [9.17, 15) is 9.59 Å². The van der Waals surface area contributed by atoms with Crippen LogP contribution in [0.1, 0.15) is 90.9 Å². The lowest BCUT2D eigenvalue weighted by molar-refractivity contribution is -0.137. The highest BCUT2D eigenvalue weighted by Crippen LogP contribution is 2.39. The second-order valence-electron chi connectivity index (χ2n) is 11.1. The van der Waals surface area contributed by atoms with Crippen LogP contribution in [-0.4, -0.2) is 64.3 Å². The topological polar surface area (TPSA) is 69.6 Å². The van der Waals surface area contributed by atoms with Crippen molar-refractivity contribution >= 4 is 17.6 Å². The molecule has 198 valence electrons. The molecule has 1 aliphatic heterocycles. The minimum atomic E-state index is 0.0748. The van der Waals surface area contributed by atoms with E-state index in [1.807, 2.05) is 37.9 Å². The van der Waals surface area contributed by atoms with Gasteiger partial charge in [0.25, 0.3) is 5.91 Å². The lowest BCUT2D eigenvalue weighted by Crippen LogP contribution is -2.46. The average molecular weight is 504 g/mol. The summed E-state index contributed by atoms with van der Waals surface area (Å²) in [7, 11) is 1.94. The van der Waals surface area contributed by atoms with Gasteiger partial charge in [-0.15, -0.1) is 0 Å². The highest BCUT2D eigenvalue weighted by Gasteiger charge is 2.35. The summed E-state index contributed by atoms with van der Waals surface area (Å²) in [5, 5.41) is 0. The predicted molar refractivity (Wildman–Crippen MR) is 146 cm³/mol. The third kappa shape index (κ3) is 5.23. The van der Waals surface area contributed by atoms with Gasteiger partial charge in [0.15, 0.2) is 0 Å². The number of nitrogens with zero attached hydrogens (tertiary/aromatic N) is 5. The minimum Gasteiger partial charge on any atom is -0.356 e. The number of hydrogen-bond donors (Lipinski definition) is 0. The lowest BCUT2D eigenvalue weighted by atomic mass is 9.99. The Morgan fingerprint density at radius 2 is 1.73 bits per heavy atom. The first-order chi connectivity index (χ1) is 17.9. The number of amides is 2. The van der Waals surface area contributed by atoms with Crippen LogP contribution in [0, 0.1) is 19.8 Å². The zero-order valence-electron chi connectivity index (χ0n) is 22.9. The van der Waals surface area contributed by atoms with E-state index in [0.717, 1.165) is 93.9 Å². The van der Waals surface area contributed by atoms with E-state index in [4.69, 9.17) is 0 Å². The summed E-state index contributed by atoms with van der Waals surface area (Å²) in [6.07, 6.45) is 8.12. The molecule has 1 atom stereocenters. The molecular formula is C30H41N5O2. The fourth-order valence-electron chi connectivity index (χ4n) is 6.69. The summed E-state index contributed by atoms with van der Waals surface area (Å²) in [4.78, 5) is 42.2. The van der Waals surface area contributed by atoms with Crippen LogP contribution in [0.3, 0.4) is 0 Å². The standard InChI is InChI=1S/C30H41N5O2/c1-5-35(30(37)23-8-6-7-9-23)27-13-12-22-10-11-24(19-26(22)27)29(36)33(4)25-14-16-34(17-15-25)28-18-20(2)31-21(3)32-28/h10-11,18-19,23,25,27H,5-9,12-17H2,1-4H3/t27-/m1/s1. The Hall–Kier alpha value is -2.96. The van der Waals surface area contributed by atoms with E-state index in [0.29, 0.717) is 5.91 Å². The SMILES string of the molecule is CCN(C(=O)C1CCCC1)[C@@H]1CCc2ccc(C(=O)N(C)C3CCN(c4cc(C)nc(C)n4)CC3)cc21. The Morgan fingerprint density at radius 3 is 2.41 bits per heavy atom. The van der Waals surface area contributed by atoms with E-state index in [2.05, 4.69) is 38.8 Å². The highest BCUT2D eigenvalue weighted by atomic mass is 16.2. The summed E-state index contributed by atoms with van der Waals surface area (Å²) in [5.41, 5.74) is 4.18. The number of aromatic nitrogens is 2. The van der Waals surface area contributed by atoms with E-state index in [-0.39, 0.29) is 23.9 Å². The Bertz CT molecular complexity index is 1130. The molecule has 7 heteroatoms. The normalized spacial score (nSPS) is 20.2. The molecule has 7 nitrogen and oxygen atoms in total. The van der Waals surface area contributed by atoms with Crippen molar-refractivity contribution in [1.82, 2.24) is 19.8 Å². The third-order valence-electron chi connectivity index (χ3n) is 8.75. The van der Waals surface area contributed by atoms with Crippen LogP contribution >= 0.6 is 0 Å². The molecule has 0 spiro atoms. The van der Waals surface area contributed by atoms with Gasteiger partial charge in [0.05, 0.1) is 6.04 Å². The van der Waals surface area contributed by atoms with Crippen molar-refractivity contribution in [3.8, 4) is 0 Å². The minimum absolute atomic E-state index is 0.0748. The molecule has 3 aliphatic rings. The van der Waals surface area contributed by atoms with Crippen LogP contribution in [-0.2, 0) is 11.2 Å². The summed E-state index contributed by atoms with van der Waals surface area (Å²) in [6.45, 7) is 8.49. The molecule has 0 N–H and O–H groups in total. The maximum absolute atomic E-state index is 13.6. The monoisotopic (exact) mass is 503 g/mol. The van der Waals surface area contributed by atoms with Crippen LogP contribution < -0.4 is 4.90 Å². The zero-order chi connectivity index (χ0) is 26.1. The summed E-state index contributed by atoms with van der Waals surface area (Å²) < 4.78 is 0. The number of carbonyl (C=O) groups excluding carboxylic acids is 2. The largest absolute Gasteiger partial charge is 0.356 e. The molecule has 1 saturated heterocycles. The molecule has 0 radical (unpaired) electrons. The fourth-order valence-corrected chi connectivity index (χ4v) is 6.69. The second-order valence-corrected chi connectivity index (χ2v) is 11.1. The molecule has 1 aromatic carbocycles. The summed E-state index contributed by atoms with van der Waals surface area (Å²) in [6, 6.07) is 8.52. The van der Waals surface area contributed by atoms with Crippen LogP contribution in [0.5, 0.6) is 0 Å². The van der Waals surface area contributed by atoms with Gasteiger partial charge in [0.2, 0.25) is 5.91 Å². The van der Waals surface area contributed by atoms with E-state index >= 15 is 0 Å². The van der Waals surface area contributed by atoms with Gasteiger partial charge in [-0.05, 0) is 82.6 Å². The second kappa shape index (κ2) is 10.8. The Labute approximate surface area is 221 Å². The fraction of sp³-hybridized carbons (Fsp3) is 0.600. The average Bonchev–Trinajstić information content (AvgIpc) is 3.58. The van der Waals surface area contributed by atoms with Crippen LogP contribution in [0.4, 0.5) is 5.82 Å². The molecule has 1 aromatic heterocycles. The first-order valence-corrected chi connectivity index (χ1v) is 14.1. The number of fused-ring (bicyclic) bond motifs is 1. The molecule has 2 aromatic rings. The molecular weight excluding hydrogens is 462 g/mol. The van der Waals surface area contributed by atoms with Gasteiger partial charge in [-0.2, -0.15) is 0 Å². The first kappa shape index (κ1) is 25.7. The molecule has 0 unspecified atom stereocenters. The van der Waals surface area contributed by atoms with Crippen molar-refractivity contribution in [3.05, 3.63) is 52.5 Å². The van der Waals surface area contributed by atoms with Crippen LogP contribution in [0.15, 0.2) is 24.3 Å². The molecule has 37 heavy (non-hydrogen) atoms. The number of carbonyl (C=O) groups is 2. The van der Waals surface area contributed by atoms with Crippen LogP contribution in [0.2, 0.25) is 0 Å². The number of hydrogen-bond acceptors (Lipinski definition) is 5. The van der Waals surface area contributed by atoms with Crippen molar-refractivity contribution in [1.29, 1.82) is 0 Å². The van der Waals surface area contributed by atoms with Gasteiger partial charge >= 0.3 is 0 Å². The van der Waals surface area contributed by atoms with Crippen molar-refractivity contribution < 1.29 is 9.59 Å². The van der Waals surface area contributed by atoms with E-state index in [1.54, 1.807) is 0 Å². The van der Waals surface area contributed by atoms with Crippen molar-refractivity contribution in [2.75, 3.05) is 31.6 Å². The number of benzene rings is 1. The molecule has 2 aliphatic carbocycles. The van der Waals surface area contributed by atoms with Crippen molar-refractivity contribution in [3.63, 3.8) is 0 Å². The maximum Gasteiger partial charge on any atom is 0.253 e. The number of piperidine rings is 1. The third-order valence-corrected chi connectivity index (χ3v) is 8.75. The van der Waals surface area contributed by atoms with Crippen molar-refractivity contribution in [2.45, 2.75) is 84.2 Å². The van der Waals surface area contributed by atoms with Gasteiger partial charge < -0.3 is 14.7 Å². The summed E-state index contributed by atoms with van der Waals surface area (Å²) >= 11 is 0. The van der Waals surface area contributed by atoms with Gasteiger partial charge in [-0.3, -0.25) is 9.59 Å². The first-order valence-electron chi connectivity index (χ1n) is 14.1. The predicted octanol–water partition coefficient (Wildman–Crippen LogP) is 4.86. The zero-order valence-corrected chi connectivity index (χ0v) is 22.9. The van der Waals surface area contributed by atoms with Crippen LogP contribution in [0.25, 0.3) is 0 Å². The quantitative estimate of drug-likeness (QED) is 0.563. The van der Waals surface area contributed by atoms with Gasteiger partial charge in [-0.1, -0.05) is 18.9 Å². The lowest BCUT2D eigenvalue weighted by Gasteiger charge is -2.37. The summed E-state index contributed by atoms with van der Waals surface area (Å²) in [5.74, 6) is 2.35. The molecule has 1 saturated carbocycles. The Kier molecular flexibility index (Phi) is 7.50. The number of rotatable bonds is 6. The molecule has 0 bridgehead atoms. The Morgan fingerprint density at radius 1 is 1.00 bits per heavy atom. The van der Waals surface area contributed by atoms with Gasteiger partial charge in [-0.25, -0.2) is 9.97 Å².